The molecule has 0 aliphatic rings. The Morgan fingerprint density at radius 3 is 2.67 bits per heavy atom. The van der Waals surface area contributed by atoms with Gasteiger partial charge in [-0.1, -0.05) is 0 Å². The number of rotatable bonds is 6. The molecular formula is C14H22N2O2. The van der Waals surface area contributed by atoms with E-state index < -0.39 is 0 Å². The number of hydrogen-bond donors (Lipinski definition) is 2. The lowest BCUT2D eigenvalue weighted by molar-refractivity contribution is 0.0791. The van der Waals surface area contributed by atoms with Crippen LogP contribution in [-0.2, 0) is 0 Å². The van der Waals surface area contributed by atoms with E-state index in [-0.39, 0.29) is 12.5 Å². The van der Waals surface area contributed by atoms with Gasteiger partial charge in [0.05, 0.1) is 0 Å². The van der Waals surface area contributed by atoms with Crippen molar-refractivity contribution in [3.63, 3.8) is 0 Å². The zero-order chi connectivity index (χ0) is 13.5. The predicted octanol–water partition coefficient (Wildman–Crippen LogP) is 1.81. The second kappa shape index (κ2) is 7.01. The number of amides is 1. The number of aliphatic hydroxyl groups excluding tert-OH is 1. The van der Waals surface area contributed by atoms with Gasteiger partial charge >= 0.3 is 0 Å². The van der Waals surface area contributed by atoms with E-state index in [0.717, 1.165) is 24.8 Å². The minimum absolute atomic E-state index is 0.0245. The SMILES string of the molecule is Cc1cc(N)ccc1C(=O)N(C)CCCCCO. The Kier molecular flexibility index (Phi) is 5.65. The summed E-state index contributed by atoms with van der Waals surface area (Å²) in [6.07, 6.45) is 2.65. The molecule has 0 aromatic heterocycles. The molecular weight excluding hydrogens is 228 g/mol. The number of hydrogen-bond acceptors (Lipinski definition) is 3. The topological polar surface area (TPSA) is 66.6 Å². The Morgan fingerprint density at radius 2 is 2.06 bits per heavy atom. The second-order valence-electron chi connectivity index (χ2n) is 4.59. The van der Waals surface area contributed by atoms with Crippen molar-refractivity contribution >= 4 is 11.6 Å². The maximum Gasteiger partial charge on any atom is 0.253 e. The highest BCUT2D eigenvalue weighted by Crippen LogP contribution is 2.14. The summed E-state index contributed by atoms with van der Waals surface area (Å²) in [5.41, 5.74) is 7.95. The first-order valence-electron chi connectivity index (χ1n) is 6.28. The minimum atomic E-state index is 0.0245. The molecule has 18 heavy (non-hydrogen) atoms. The van der Waals surface area contributed by atoms with E-state index in [1.54, 1.807) is 24.1 Å². The average Bonchev–Trinajstić information content (AvgIpc) is 2.33. The molecule has 3 N–H and O–H groups in total. The molecule has 4 heteroatoms. The summed E-state index contributed by atoms with van der Waals surface area (Å²) in [6, 6.07) is 5.34. The fourth-order valence-corrected chi connectivity index (χ4v) is 1.87. The van der Waals surface area contributed by atoms with Crippen LogP contribution in [0.5, 0.6) is 0 Å². The summed E-state index contributed by atoms with van der Waals surface area (Å²) in [5, 5.41) is 8.69. The molecule has 1 aromatic carbocycles. The van der Waals surface area contributed by atoms with Crippen LogP contribution in [0.2, 0.25) is 0 Å². The van der Waals surface area contributed by atoms with Crippen molar-refractivity contribution < 1.29 is 9.90 Å². The lowest BCUT2D eigenvalue weighted by atomic mass is 10.1. The summed E-state index contributed by atoms with van der Waals surface area (Å²) < 4.78 is 0. The van der Waals surface area contributed by atoms with E-state index in [2.05, 4.69) is 0 Å². The molecule has 0 unspecified atom stereocenters. The maximum atomic E-state index is 12.2. The highest BCUT2D eigenvalue weighted by molar-refractivity contribution is 5.95. The van der Waals surface area contributed by atoms with Crippen LogP contribution < -0.4 is 5.73 Å². The van der Waals surface area contributed by atoms with E-state index in [4.69, 9.17) is 10.8 Å². The van der Waals surface area contributed by atoms with Gasteiger partial charge in [-0.05, 0) is 49.9 Å². The number of nitrogens with zero attached hydrogens (tertiary/aromatic N) is 1. The highest BCUT2D eigenvalue weighted by atomic mass is 16.2. The van der Waals surface area contributed by atoms with Gasteiger partial charge in [0, 0.05) is 31.5 Å². The Balaban J connectivity index is 2.57. The summed E-state index contributed by atoms with van der Waals surface area (Å²) in [7, 11) is 1.80. The Morgan fingerprint density at radius 1 is 1.33 bits per heavy atom. The third-order valence-corrected chi connectivity index (χ3v) is 2.98. The molecule has 0 saturated carbocycles. The number of unbranched alkanes of at least 4 members (excludes halogenated alkanes) is 2. The van der Waals surface area contributed by atoms with Crippen molar-refractivity contribution in [1.29, 1.82) is 0 Å². The molecule has 0 saturated heterocycles. The molecule has 0 radical (unpaired) electrons. The standard InChI is InChI=1S/C14H22N2O2/c1-11-10-12(15)6-7-13(11)14(18)16(2)8-4-3-5-9-17/h6-7,10,17H,3-5,8-9,15H2,1-2H3. The molecule has 100 valence electrons. The van der Waals surface area contributed by atoms with E-state index >= 15 is 0 Å². The number of carbonyl (C=O) groups excluding carboxylic acids is 1. The number of benzene rings is 1. The molecule has 1 aromatic rings. The maximum absolute atomic E-state index is 12.2. The molecule has 4 nitrogen and oxygen atoms in total. The van der Waals surface area contributed by atoms with Gasteiger partial charge < -0.3 is 15.7 Å². The van der Waals surface area contributed by atoms with Crippen molar-refractivity contribution in [1.82, 2.24) is 4.90 Å². The zero-order valence-electron chi connectivity index (χ0n) is 11.1. The minimum Gasteiger partial charge on any atom is -0.399 e. The number of anilines is 1. The van der Waals surface area contributed by atoms with Gasteiger partial charge in [-0.2, -0.15) is 0 Å². The smallest absolute Gasteiger partial charge is 0.253 e. The molecule has 0 aliphatic carbocycles. The van der Waals surface area contributed by atoms with Crippen LogP contribution in [-0.4, -0.2) is 36.1 Å². The van der Waals surface area contributed by atoms with Crippen LogP contribution in [0.3, 0.4) is 0 Å². The van der Waals surface area contributed by atoms with E-state index in [1.807, 2.05) is 13.0 Å². The zero-order valence-corrected chi connectivity index (χ0v) is 11.1. The predicted molar refractivity (Wildman–Crippen MR) is 73.5 cm³/mol. The van der Waals surface area contributed by atoms with Gasteiger partial charge in [0.2, 0.25) is 0 Å². The van der Waals surface area contributed by atoms with E-state index in [9.17, 15) is 4.79 Å². The monoisotopic (exact) mass is 250 g/mol. The lowest BCUT2D eigenvalue weighted by Crippen LogP contribution is -2.28. The van der Waals surface area contributed by atoms with Crippen LogP contribution >= 0.6 is 0 Å². The van der Waals surface area contributed by atoms with Crippen LogP contribution in [0.1, 0.15) is 35.2 Å². The van der Waals surface area contributed by atoms with Gasteiger partial charge in [0.25, 0.3) is 5.91 Å². The van der Waals surface area contributed by atoms with Crippen LogP contribution in [0.4, 0.5) is 5.69 Å². The largest absolute Gasteiger partial charge is 0.399 e. The second-order valence-corrected chi connectivity index (χ2v) is 4.59. The number of aliphatic hydroxyl groups is 1. The third kappa shape index (κ3) is 4.04. The van der Waals surface area contributed by atoms with Gasteiger partial charge in [-0.25, -0.2) is 0 Å². The van der Waals surface area contributed by atoms with Crippen molar-refractivity contribution in [2.45, 2.75) is 26.2 Å². The summed E-state index contributed by atoms with van der Waals surface area (Å²) in [5.74, 6) is 0.0245. The van der Waals surface area contributed by atoms with Gasteiger partial charge in [-0.3, -0.25) is 4.79 Å². The van der Waals surface area contributed by atoms with Crippen LogP contribution in [0.25, 0.3) is 0 Å². The van der Waals surface area contributed by atoms with Gasteiger partial charge in [-0.15, -0.1) is 0 Å². The van der Waals surface area contributed by atoms with E-state index in [1.165, 1.54) is 0 Å². The normalized spacial score (nSPS) is 10.4. The van der Waals surface area contributed by atoms with Crippen molar-refractivity contribution in [3.8, 4) is 0 Å². The quantitative estimate of drug-likeness (QED) is 0.597. The Bertz CT molecular complexity index is 405. The molecule has 0 heterocycles. The summed E-state index contributed by atoms with van der Waals surface area (Å²) in [6.45, 7) is 2.82. The fourth-order valence-electron chi connectivity index (χ4n) is 1.87. The number of nitrogens with two attached hydrogens (primary N) is 1. The summed E-state index contributed by atoms with van der Waals surface area (Å²) >= 11 is 0. The van der Waals surface area contributed by atoms with Crippen LogP contribution in [0, 0.1) is 6.92 Å². The van der Waals surface area contributed by atoms with E-state index in [0.29, 0.717) is 17.8 Å². The van der Waals surface area contributed by atoms with Crippen molar-refractivity contribution in [2.75, 3.05) is 25.9 Å². The van der Waals surface area contributed by atoms with Crippen molar-refractivity contribution in [3.05, 3.63) is 29.3 Å². The molecule has 0 fully saturated rings. The summed E-state index contributed by atoms with van der Waals surface area (Å²) in [4.78, 5) is 13.9. The molecule has 0 spiro atoms. The average molecular weight is 250 g/mol. The third-order valence-electron chi connectivity index (χ3n) is 2.98. The Labute approximate surface area is 108 Å². The first kappa shape index (κ1) is 14.5. The number of nitrogen functional groups attached to an aromatic ring is 1. The molecule has 1 rings (SSSR count). The number of aryl methyl sites for hydroxylation is 1. The first-order chi connectivity index (χ1) is 8.56. The van der Waals surface area contributed by atoms with Crippen molar-refractivity contribution in [2.24, 2.45) is 0 Å². The first-order valence-corrected chi connectivity index (χ1v) is 6.28. The molecule has 1 amide bonds. The molecule has 0 atom stereocenters. The Hall–Kier alpha value is -1.55. The molecule has 0 bridgehead atoms. The molecule has 0 aliphatic heterocycles. The fraction of sp³-hybridized carbons (Fsp3) is 0.500. The van der Waals surface area contributed by atoms with Gasteiger partial charge in [0.15, 0.2) is 0 Å². The lowest BCUT2D eigenvalue weighted by Gasteiger charge is -2.18. The van der Waals surface area contributed by atoms with Gasteiger partial charge in [0.1, 0.15) is 0 Å². The number of carbonyl (C=O) groups is 1. The highest BCUT2D eigenvalue weighted by Gasteiger charge is 2.13. The van der Waals surface area contributed by atoms with Crippen LogP contribution in [0.15, 0.2) is 18.2 Å².